The zero-order chi connectivity index (χ0) is 29.5. The van der Waals surface area contributed by atoms with E-state index in [2.05, 4.69) is 4.99 Å². The number of aliphatic hydroxyl groups excluding tert-OH is 2. The third-order valence-corrected chi connectivity index (χ3v) is 10.5. The summed E-state index contributed by atoms with van der Waals surface area (Å²) in [6, 6.07) is 0. The van der Waals surface area contributed by atoms with E-state index in [9.17, 15) is 24.9 Å². The van der Waals surface area contributed by atoms with Gasteiger partial charge in [-0.05, 0) is 39.5 Å². The number of hydrogen-bond acceptors (Lipinski definition) is 11. The molecule has 7 N–H and O–H groups in total. The van der Waals surface area contributed by atoms with Crippen molar-refractivity contribution in [1.29, 1.82) is 0 Å². The predicted molar refractivity (Wildman–Crippen MR) is 159 cm³/mol. The lowest BCUT2D eigenvalue weighted by atomic mass is 9.91. The molecule has 1 aromatic carbocycles. The normalized spacial score (nSPS) is 25.0. The summed E-state index contributed by atoms with van der Waals surface area (Å²) in [7, 11) is 2.84. The number of fused-ring (bicyclic) bond motifs is 3. The van der Waals surface area contributed by atoms with Crippen molar-refractivity contribution in [3.05, 3.63) is 32.7 Å². The van der Waals surface area contributed by atoms with E-state index >= 15 is 0 Å². The Kier molecular flexibility index (Phi) is 8.55. The van der Waals surface area contributed by atoms with Crippen molar-refractivity contribution >= 4 is 44.8 Å². The van der Waals surface area contributed by atoms with E-state index in [1.165, 1.54) is 21.6 Å². The summed E-state index contributed by atoms with van der Waals surface area (Å²) >= 11 is 0. The van der Waals surface area contributed by atoms with Crippen molar-refractivity contribution in [2.75, 3.05) is 12.4 Å². The molecular weight excluding hydrogens is 570 g/mol. The molecular formula is C28H37N3O8S2. The predicted octanol–water partition coefficient (Wildman–Crippen LogP) is 2.25. The molecule has 0 spiro atoms. The minimum Gasteiger partial charge on any atom is -0.489 e. The average Bonchev–Trinajstić information content (AvgIpc) is 3.58. The smallest absolute Gasteiger partial charge is 0.200 e. The Morgan fingerprint density at radius 2 is 1.98 bits per heavy atom. The second-order valence-electron chi connectivity index (χ2n) is 11.6. The molecule has 1 aliphatic carbocycles. The fraction of sp³-hybridized carbons (Fsp3) is 0.607. The van der Waals surface area contributed by atoms with Crippen LogP contribution in [-0.2, 0) is 23.4 Å². The number of nitrogens with two attached hydrogens (primary N) is 2. The minimum atomic E-state index is -1.41. The van der Waals surface area contributed by atoms with Crippen LogP contribution < -0.4 is 26.4 Å². The quantitative estimate of drug-likeness (QED) is 0.134. The number of ether oxygens (including phenoxy) is 2. The maximum atomic E-state index is 14.3. The monoisotopic (exact) mass is 607 g/mol. The van der Waals surface area contributed by atoms with E-state index in [1.54, 1.807) is 13.8 Å². The van der Waals surface area contributed by atoms with Gasteiger partial charge in [0.05, 0.1) is 18.3 Å². The van der Waals surface area contributed by atoms with Crippen LogP contribution in [0.25, 0.3) is 11.0 Å². The van der Waals surface area contributed by atoms with Crippen molar-refractivity contribution in [2.24, 2.45) is 16.5 Å². The van der Waals surface area contributed by atoms with Crippen molar-refractivity contribution in [1.82, 2.24) is 0 Å². The zero-order valence-corrected chi connectivity index (χ0v) is 24.8. The van der Waals surface area contributed by atoms with Gasteiger partial charge in [-0.3, -0.25) is 4.79 Å². The van der Waals surface area contributed by atoms with Crippen LogP contribution in [0.15, 0.2) is 14.2 Å². The number of carbonyl (C=O) groups excluding carboxylic acids is 1. The summed E-state index contributed by atoms with van der Waals surface area (Å²) in [5, 5.41) is 32.9. The molecule has 5 rings (SSSR count). The molecule has 3 atom stereocenters. The molecule has 2 aromatic rings. The third-order valence-electron chi connectivity index (χ3n) is 8.02. The first-order valence-corrected chi connectivity index (χ1v) is 16.3. The highest BCUT2D eigenvalue weighted by molar-refractivity contribution is 8.76. The van der Waals surface area contributed by atoms with Crippen LogP contribution in [0.2, 0.25) is 0 Å². The SMILES string of the molecule is CC(C)(O)[C@H]1Cc2c(c3c4oc(c(CC=O)c(=O)c4c2OC2CCCC2)[C@H](O)C[C@@](CO)(N=C(N)N)CSSC3)O1. The first-order chi connectivity index (χ1) is 19.5. The summed E-state index contributed by atoms with van der Waals surface area (Å²) in [6.45, 7) is 2.88. The van der Waals surface area contributed by atoms with Crippen molar-refractivity contribution in [3.8, 4) is 11.5 Å². The number of aliphatic imine (C=N–C) groups is 1. The van der Waals surface area contributed by atoms with Gasteiger partial charge in [0.25, 0.3) is 0 Å². The van der Waals surface area contributed by atoms with Crippen LogP contribution in [0.3, 0.4) is 0 Å². The molecule has 0 saturated heterocycles. The van der Waals surface area contributed by atoms with Crippen LogP contribution in [-0.4, -0.2) is 63.3 Å². The molecule has 3 heterocycles. The first-order valence-electron chi connectivity index (χ1n) is 13.8. The fourth-order valence-corrected chi connectivity index (χ4v) is 8.43. The van der Waals surface area contributed by atoms with E-state index < -0.39 is 35.4 Å². The van der Waals surface area contributed by atoms with Gasteiger partial charge in [0.1, 0.15) is 52.3 Å². The lowest BCUT2D eigenvalue weighted by molar-refractivity contribution is -0.107. The van der Waals surface area contributed by atoms with Crippen LogP contribution in [0.4, 0.5) is 0 Å². The average molecular weight is 608 g/mol. The number of nitrogens with zero attached hydrogens (tertiary/aromatic N) is 1. The molecule has 2 bridgehead atoms. The number of aldehydes is 1. The second-order valence-corrected chi connectivity index (χ2v) is 14.1. The van der Waals surface area contributed by atoms with Gasteiger partial charge in [0.2, 0.25) is 0 Å². The molecule has 224 valence electrons. The van der Waals surface area contributed by atoms with Gasteiger partial charge in [-0.1, -0.05) is 21.6 Å². The Balaban J connectivity index is 1.79. The second kappa shape index (κ2) is 11.7. The summed E-state index contributed by atoms with van der Waals surface area (Å²) in [4.78, 5) is 30.3. The third kappa shape index (κ3) is 5.79. The summed E-state index contributed by atoms with van der Waals surface area (Å²) in [5.74, 6) is 1.10. The Bertz CT molecular complexity index is 1410. The molecule has 0 amide bonds. The van der Waals surface area contributed by atoms with Crippen LogP contribution in [0, 0.1) is 0 Å². The number of hydrogen-bond donors (Lipinski definition) is 5. The largest absolute Gasteiger partial charge is 0.489 e. The number of rotatable bonds is 7. The van der Waals surface area contributed by atoms with Gasteiger partial charge in [0.15, 0.2) is 11.4 Å². The fourth-order valence-electron chi connectivity index (χ4n) is 5.88. The Labute approximate surface area is 245 Å². The molecule has 11 nitrogen and oxygen atoms in total. The Morgan fingerprint density at radius 1 is 1.24 bits per heavy atom. The highest BCUT2D eigenvalue weighted by atomic mass is 33.1. The Morgan fingerprint density at radius 3 is 2.61 bits per heavy atom. The molecule has 1 saturated carbocycles. The maximum Gasteiger partial charge on any atom is 0.200 e. The lowest BCUT2D eigenvalue weighted by Gasteiger charge is -2.29. The van der Waals surface area contributed by atoms with Gasteiger partial charge in [-0.15, -0.1) is 0 Å². The number of carbonyl (C=O) groups is 1. The number of aliphatic hydroxyl groups is 3. The van der Waals surface area contributed by atoms with Gasteiger partial charge in [-0.25, -0.2) is 4.99 Å². The van der Waals surface area contributed by atoms with Crippen LogP contribution >= 0.6 is 21.6 Å². The highest BCUT2D eigenvalue weighted by Crippen LogP contribution is 2.50. The molecule has 0 unspecified atom stereocenters. The van der Waals surface area contributed by atoms with Gasteiger partial charge in [-0.2, -0.15) is 0 Å². The van der Waals surface area contributed by atoms with E-state index in [-0.39, 0.29) is 53.0 Å². The molecule has 41 heavy (non-hydrogen) atoms. The summed E-state index contributed by atoms with van der Waals surface area (Å²) in [6.07, 6.45) is 2.10. The van der Waals surface area contributed by atoms with Crippen molar-refractivity contribution in [2.45, 2.75) is 94.0 Å². The van der Waals surface area contributed by atoms with E-state index in [0.717, 1.165) is 25.7 Å². The van der Waals surface area contributed by atoms with Crippen LogP contribution in [0.1, 0.15) is 74.5 Å². The van der Waals surface area contributed by atoms with Gasteiger partial charge >= 0.3 is 0 Å². The Hall–Kier alpha value is -2.45. The summed E-state index contributed by atoms with van der Waals surface area (Å²) in [5.41, 5.74) is 9.96. The van der Waals surface area contributed by atoms with Gasteiger partial charge < -0.3 is 45.5 Å². The zero-order valence-electron chi connectivity index (χ0n) is 23.2. The van der Waals surface area contributed by atoms with Crippen molar-refractivity contribution < 1.29 is 34.0 Å². The van der Waals surface area contributed by atoms with Crippen LogP contribution in [0.5, 0.6) is 11.5 Å². The van der Waals surface area contributed by atoms with E-state index in [1.807, 2.05) is 0 Å². The van der Waals surface area contributed by atoms with E-state index in [4.69, 9.17) is 25.4 Å². The molecule has 13 heteroatoms. The lowest BCUT2D eigenvalue weighted by Crippen LogP contribution is -2.40. The van der Waals surface area contributed by atoms with E-state index in [0.29, 0.717) is 41.1 Å². The van der Waals surface area contributed by atoms with Crippen molar-refractivity contribution in [3.63, 3.8) is 0 Å². The van der Waals surface area contributed by atoms with Gasteiger partial charge in [0, 0.05) is 47.5 Å². The number of guanidine groups is 1. The highest BCUT2D eigenvalue weighted by Gasteiger charge is 2.42. The maximum absolute atomic E-state index is 14.3. The molecule has 0 radical (unpaired) electrons. The molecule has 1 aromatic heterocycles. The molecule has 1 fully saturated rings. The molecule has 3 aliphatic rings. The summed E-state index contributed by atoms with van der Waals surface area (Å²) < 4.78 is 19.3. The molecule has 2 aliphatic heterocycles. The topological polar surface area (TPSA) is 191 Å². The number of benzene rings is 1. The minimum absolute atomic E-state index is 0.0104. The standard InChI is InChI=1S/C28H37N3O8S2/c1-27(2,36)19-9-16-22(38-19)17-11-40-41-13-28(12-33,31-26(29)30)10-18(34)23-15(7-8-32)21(35)20(25(17)39-23)24(16)37-14-5-3-4-6-14/h8,14,18-19,33-34,36H,3-7,9-13H2,1-2H3,(H4,29,30,31)/t18-,19-,28+/m1/s1. The first kappa shape index (κ1) is 30.0.